The van der Waals surface area contributed by atoms with Crippen molar-refractivity contribution in [1.82, 2.24) is 9.21 Å². The molecule has 0 amide bonds. The van der Waals surface area contributed by atoms with Gasteiger partial charge in [-0.3, -0.25) is 4.90 Å². The largest absolute Gasteiger partial charge is 0.296 e. The van der Waals surface area contributed by atoms with E-state index in [4.69, 9.17) is 11.6 Å². The van der Waals surface area contributed by atoms with Crippen molar-refractivity contribution in [2.45, 2.75) is 6.54 Å². The molecule has 1 aliphatic rings. The molecule has 1 saturated heterocycles. The number of hydrogen-bond donors (Lipinski definition) is 0. The minimum atomic E-state index is -3.38. The van der Waals surface area contributed by atoms with Crippen LogP contribution in [0.4, 0.5) is 0 Å². The number of rotatable bonds is 5. The van der Waals surface area contributed by atoms with Gasteiger partial charge in [-0.2, -0.15) is 4.31 Å². The van der Waals surface area contributed by atoms with Crippen molar-refractivity contribution < 1.29 is 8.42 Å². The number of sulfonamides is 1. The molecule has 0 atom stereocenters. The molecule has 1 aliphatic heterocycles. The second kappa shape index (κ2) is 7.80. The Morgan fingerprint density at radius 2 is 1.79 bits per heavy atom. The van der Waals surface area contributed by atoms with E-state index in [1.165, 1.54) is 10.3 Å². The van der Waals surface area contributed by atoms with E-state index in [1.807, 2.05) is 6.07 Å². The maximum absolute atomic E-state index is 12.4. The van der Waals surface area contributed by atoms with E-state index in [2.05, 4.69) is 16.3 Å². The SMILES string of the molecule is O=S(=O)(/C=C/c1ccc(Cl)cc1)N1CCN(Cc2cccs2)CC1. The van der Waals surface area contributed by atoms with Crippen molar-refractivity contribution in [2.24, 2.45) is 0 Å². The van der Waals surface area contributed by atoms with Crippen LogP contribution in [0.1, 0.15) is 10.4 Å². The summed E-state index contributed by atoms with van der Waals surface area (Å²) in [4.78, 5) is 3.61. The minimum Gasteiger partial charge on any atom is -0.296 e. The summed E-state index contributed by atoms with van der Waals surface area (Å²) in [6.07, 6.45) is 1.61. The van der Waals surface area contributed by atoms with Crippen LogP contribution in [0.2, 0.25) is 5.02 Å². The van der Waals surface area contributed by atoms with E-state index in [0.29, 0.717) is 18.1 Å². The van der Waals surface area contributed by atoms with Gasteiger partial charge in [0.2, 0.25) is 10.0 Å². The molecule has 24 heavy (non-hydrogen) atoms. The van der Waals surface area contributed by atoms with Crippen LogP contribution in [0.3, 0.4) is 0 Å². The highest BCUT2D eigenvalue weighted by atomic mass is 35.5. The Morgan fingerprint density at radius 1 is 1.08 bits per heavy atom. The highest BCUT2D eigenvalue weighted by molar-refractivity contribution is 7.92. The lowest BCUT2D eigenvalue weighted by Gasteiger charge is -2.33. The molecule has 0 saturated carbocycles. The predicted molar refractivity (Wildman–Crippen MR) is 101 cm³/mol. The molecule has 1 fully saturated rings. The van der Waals surface area contributed by atoms with E-state index in [1.54, 1.807) is 46.0 Å². The van der Waals surface area contributed by atoms with Crippen molar-refractivity contribution in [2.75, 3.05) is 26.2 Å². The van der Waals surface area contributed by atoms with Gasteiger partial charge < -0.3 is 0 Å². The lowest BCUT2D eigenvalue weighted by atomic mass is 10.2. The van der Waals surface area contributed by atoms with Gasteiger partial charge in [0.05, 0.1) is 0 Å². The molecule has 2 aromatic rings. The number of nitrogens with zero attached hydrogens (tertiary/aromatic N) is 2. The predicted octanol–water partition coefficient (Wildman–Crippen LogP) is 3.52. The van der Waals surface area contributed by atoms with Crippen LogP contribution in [-0.4, -0.2) is 43.8 Å². The van der Waals surface area contributed by atoms with Crippen LogP contribution in [-0.2, 0) is 16.6 Å². The lowest BCUT2D eigenvalue weighted by Crippen LogP contribution is -2.47. The van der Waals surface area contributed by atoms with Crippen molar-refractivity contribution in [3.63, 3.8) is 0 Å². The number of benzene rings is 1. The molecule has 0 spiro atoms. The third kappa shape index (κ3) is 4.68. The first-order valence-electron chi connectivity index (χ1n) is 7.71. The molecule has 0 aliphatic carbocycles. The van der Waals surface area contributed by atoms with Crippen LogP contribution in [0.5, 0.6) is 0 Å². The number of thiophene rings is 1. The van der Waals surface area contributed by atoms with E-state index in [-0.39, 0.29) is 0 Å². The second-order valence-corrected chi connectivity index (χ2v) is 8.94. The quantitative estimate of drug-likeness (QED) is 0.794. The van der Waals surface area contributed by atoms with Gasteiger partial charge in [0.1, 0.15) is 0 Å². The summed E-state index contributed by atoms with van der Waals surface area (Å²) in [5.41, 5.74) is 0.819. The van der Waals surface area contributed by atoms with Gasteiger partial charge in [-0.05, 0) is 35.2 Å². The van der Waals surface area contributed by atoms with E-state index in [0.717, 1.165) is 25.2 Å². The monoisotopic (exact) mass is 382 g/mol. The van der Waals surface area contributed by atoms with E-state index in [9.17, 15) is 8.42 Å². The smallest absolute Gasteiger partial charge is 0.236 e. The van der Waals surface area contributed by atoms with Crippen LogP contribution in [0.25, 0.3) is 6.08 Å². The van der Waals surface area contributed by atoms with Crippen molar-refractivity contribution >= 4 is 39.0 Å². The number of hydrogen-bond acceptors (Lipinski definition) is 4. The molecule has 128 valence electrons. The van der Waals surface area contributed by atoms with Crippen LogP contribution < -0.4 is 0 Å². The van der Waals surface area contributed by atoms with Gasteiger partial charge in [0.25, 0.3) is 0 Å². The molecular weight excluding hydrogens is 364 g/mol. The third-order valence-corrected chi connectivity index (χ3v) is 6.63. The third-order valence-electron chi connectivity index (χ3n) is 3.95. The Hall–Kier alpha value is -1.18. The van der Waals surface area contributed by atoms with Gasteiger partial charge in [-0.1, -0.05) is 29.8 Å². The molecule has 0 unspecified atom stereocenters. The summed E-state index contributed by atoms with van der Waals surface area (Å²) < 4.78 is 26.4. The van der Waals surface area contributed by atoms with Gasteiger partial charge >= 0.3 is 0 Å². The topological polar surface area (TPSA) is 40.6 Å². The Labute approximate surface area is 152 Å². The highest BCUT2D eigenvalue weighted by Crippen LogP contribution is 2.16. The summed E-state index contributed by atoms with van der Waals surface area (Å²) in [5, 5.41) is 3.99. The maximum atomic E-state index is 12.4. The highest BCUT2D eigenvalue weighted by Gasteiger charge is 2.25. The second-order valence-electron chi connectivity index (χ2n) is 5.65. The Morgan fingerprint density at radius 3 is 2.42 bits per heavy atom. The zero-order valence-electron chi connectivity index (χ0n) is 13.1. The molecule has 0 bridgehead atoms. The van der Waals surface area contributed by atoms with Gasteiger partial charge in [0, 0.05) is 48.0 Å². The Bertz CT molecular complexity index is 779. The van der Waals surface area contributed by atoms with Gasteiger partial charge in [-0.15, -0.1) is 11.3 Å². The van der Waals surface area contributed by atoms with Gasteiger partial charge in [-0.25, -0.2) is 8.42 Å². The molecule has 3 rings (SSSR count). The lowest BCUT2D eigenvalue weighted by molar-refractivity contribution is 0.184. The van der Waals surface area contributed by atoms with Crippen molar-refractivity contribution in [3.05, 3.63) is 62.6 Å². The van der Waals surface area contributed by atoms with E-state index >= 15 is 0 Å². The average Bonchev–Trinajstić information content (AvgIpc) is 3.08. The van der Waals surface area contributed by atoms with E-state index < -0.39 is 10.0 Å². The molecule has 0 N–H and O–H groups in total. The van der Waals surface area contributed by atoms with Crippen LogP contribution in [0, 0.1) is 0 Å². The maximum Gasteiger partial charge on any atom is 0.236 e. The zero-order valence-corrected chi connectivity index (χ0v) is 15.5. The first-order valence-corrected chi connectivity index (χ1v) is 10.5. The van der Waals surface area contributed by atoms with Crippen molar-refractivity contribution in [1.29, 1.82) is 0 Å². The molecule has 1 aromatic carbocycles. The number of piperazine rings is 1. The fraction of sp³-hybridized carbons (Fsp3) is 0.294. The molecular formula is C17H19ClN2O2S2. The molecule has 1 aromatic heterocycles. The van der Waals surface area contributed by atoms with Crippen LogP contribution in [0.15, 0.2) is 47.2 Å². The molecule has 0 radical (unpaired) electrons. The first-order chi connectivity index (χ1) is 11.5. The molecule has 7 heteroatoms. The summed E-state index contributed by atoms with van der Waals surface area (Å²) in [7, 11) is -3.38. The fourth-order valence-electron chi connectivity index (χ4n) is 2.59. The minimum absolute atomic E-state index is 0.526. The summed E-state index contributed by atoms with van der Waals surface area (Å²) in [6.45, 7) is 3.46. The average molecular weight is 383 g/mol. The number of halogens is 1. The summed E-state index contributed by atoms with van der Waals surface area (Å²) in [6, 6.07) is 11.2. The molecule has 4 nitrogen and oxygen atoms in total. The standard InChI is InChI=1S/C17H19ClN2O2S2/c18-16-5-3-15(4-6-16)7-13-24(21,22)20-10-8-19(9-11-20)14-17-2-1-12-23-17/h1-7,12-13H,8-11,14H2/b13-7+. The van der Waals surface area contributed by atoms with Crippen molar-refractivity contribution in [3.8, 4) is 0 Å². The van der Waals surface area contributed by atoms with Gasteiger partial charge in [0.15, 0.2) is 0 Å². The Kier molecular flexibility index (Phi) is 5.73. The van der Waals surface area contributed by atoms with Crippen LogP contribution >= 0.6 is 22.9 Å². The first kappa shape index (κ1) is 17.6. The zero-order chi connectivity index (χ0) is 17.0. The normalized spacial score (nSPS) is 17.5. The Balaban J connectivity index is 1.57. The molecule has 2 heterocycles. The fourth-order valence-corrected chi connectivity index (χ4v) is 4.64. The summed E-state index contributed by atoms with van der Waals surface area (Å²) >= 11 is 7.57. The summed E-state index contributed by atoms with van der Waals surface area (Å²) in [5.74, 6) is 0.